The molecule has 1 rings (SSSR count). The lowest BCUT2D eigenvalue weighted by Crippen LogP contribution is -2.25. The van der Waals surface area contributed by atoms with Gasteiger partial charge in [-0.2, -0.15) is 0 Å². The monoisotopic (exact) mass is 275 g/mol. The summed E-state index contributed by atoms with van der Waals surface area (Å²) in [6.45, 7) is 1.76. The highest BCUT2D eigenvalue weighted by molar-refractivity contribution is 6.30. The Kier molecular flexibility index (Phi) is 7.20. The fourth-order valence-electron chi connectivity index (χ4n) is 1.55. The zero-order chi connectivity index (χ0) is 13.4. The standard InChI is InChI=1S/C13H19ClFNO2/c1-17-6-7-18-5-4-11(16)8-10-2-3-13(15)12(14)9-10/h2-3,9,11H,4-8,16H2,1H3. The smallest absolute Gasteiger partial charge is 0.141 e. The zero-order valence-electron chi connectivity index (χ0n) is 10.5. The van der Waals surface area contributed by atoms with Crippen LogP contribution in [0.3, 0.4) is 0 Å². The van der Waals surface area contributed by atoms with Crippen LogP contribution in [0.1, 0.15) is 12.0 Å². The van der Waals surface area contributed by atoms with Crippen LogP contribution in [0.25, 0.3) is 0 Å². The minimum absolute atomic E-state index is 0.0194. The Morgan fingerprint density at radius 2 is 2.11 bits per heavy atom. The van der Waals surface area contributed by atoms with Gasteiger partial charge in [-0.15, -0.1) is 0 Å². The van der Waals surface area contributed by atoms with E-state index in [2.05, 4.69) is 0 Å². The molecule has 0 spiro atoms. The normalized spacial score (nSPS) is 12.7. The predicted molar refractivity (Wildman–Crippen MR) is 70.4 cm³/mol. The Morgan fingerprint density at radius 3 is 2.78 bits per heavy atom. The van der Waals surface area contributed by atoms with E-state index in [4.69, 9.17) is 26.8 Å². The molecule has 0 heterocycles. The maximum atomic E-state index is 13.0. The molecule has 18 heavy (non-hydrogen) atoms. The van der Waals surface area contributed by atoms with Crippen LogP contribution in [0.2, 0.25) is 5.02 Å². The van der Waals surface area contributed by atoms with Crippen molar-refractivity contribution in [2.24, 2.45) is 5.73 Å². The average Bonchev–Trinajstić information content (AvgIpc) is 2.34. The number of hydrogen-bond donors (Lipinski definition) is 1. The molecule has 0 aromatic heterocycles. The molecule has 0 saturated carbocycles. The number of methoxy groups -OCH3 is 1. The minimum Gasteiger partial charge on any atom is -0.382 e. The van der Waals surface area contributed by atoms with Crippen LogP contribution in [0.4, 0.5) is 4.39 Å². The molecule has 0 saturated heterocycles. The van der Waals surface area contributed by atoms with Crippen molar-refractivity contribution in [2.75, 3.05) is 26.9 Å². The Morgan fingerprint density at radius 1 is 1.33 bits per heavy atom. The van der Waals surface area contributed by atoms with Gasteiger partial charge >= 0.3 is 0 Å². The lowest BCUT2D eigenvalue weighted by Gasteiger charge is -2.12. The van der Waals surface area contributed by atoms with Gasteiger partial charge in [0.2, 0.25) is 0 Å². The number of nitrogens with two attached hydrogens (primary N) is 1. The molecule has 102 valence electrons. The fraction of sp³-hybridized carbons (Fsp3) is 0.538. The lowest BCUT2D eigenvalue weighted by molar-refractivity contribution is 0.0672. The number of ether oxygens (including phenoxy) is 2. The summed E-state index contributed by atoms with van der Waals surface area (Å²) in [5.41, 5.74) is 6.90. The summed E-state index contributed by atoms with van der Waals surface area (Å²) in [4.78, 5) is 0. The Labute approximate surface area is 112 Å². The van der Waals surface area contributed by atoms with Gasteiger partial charge in [-0.1, -0.05) is 17.7 Å². The summed E-state index contributed by atoms with van der Waals surface area (Å²) in [6.07, 6.45) is 1.41. The topological polar surface area (TPSA) is 44.5 Å². The third-order valence-electron chi connectivity index (χ3n) is 2.55. The van der Waals surface area contributed by atoms with Gasteiger partial charge in [0.05, 0.1) is 18.2 Å². The molecule has 0 fully saturated rings. The molecule has 3 nitrogen and oxygen atoms in total. The maximum absolute atomic E-state index is 13.0. The molecule has 0 aliphatic rings. The van der Waals surface area contributed by atoms with E-state index in [1.54, 1.807) is 19.2 Å². The van der Waals surface area contributed by atoms with Crippen molar-refractivity contribution < 1.29 is 13.9 Å². The van der Waals surface area contributed by atoms with Crippen LogP contribution in [0, 0.1) is 5.82 Å². The number of hydrogen-bond acceptors (Lipinski definition) is 3. The van der Waals surface area contributed by atoms with Crippen LogP contribution in [-0.4, -0.2) is 33.0 Å². The van der Waals surface area contributed by atoms with E-state index in [0.29, 0.717) is 26.2 Å². The van der Waals surface area contributed by atoms with E-state index in [0.717, 1.165) is 12.0 Å². The highest BCUT2D eigenvalue weighted by atomic mass is 35.5. The first-order chi connectivity index (χ1) is 8.63. The highest BCUT2D eigenvalue weighted by Gasteiger charge is 2.06. The first kappa shape index (κ1) is 15.4. The first-order valence-corrected chi connectivity index (χ1v) is 6.27. The van der Waals surface area contributed by atoms with E-state index in [9.17, 15) is 4.39 Å². The van der Waals surface area contributed by atoms with Crippen LogP contribution in [-0.2, 0) is 15.9 Å². The minimum atomic E-state index is -0.406. The third-order valence-corrected chi connectivity index (χ3v) is 2.84. The van der Waals surface area contributed by atoms with Gasteiger partial charge in [0.1, 0.15) is 5.82 Å². The molecule has 1 unspecified atom stereocenters. The molecule has 0 bridgehead atoms. The van der Waals surface area contributed by atoms with Crippen molar-refractivity contribution in [3.05, 3.63) is 34.6 Å². The van der Waals surface area contributed by atoms with Crippen LogP contribution in [0.5, 0.6) is 0 Å². The maximum Gasteiger partial charge on any atom is 0.141 e. The molecule has 5 heteroatoms. The molecule has 1 aromatic carbocycles. The largest absolute Gasteiger partial charge is 0.382 e. The molecule has 0 aliphatic carbocycles. The average molecular weight is 276 g/mol. The summed E-state index contributed by atoms with van der Waals surface area (Å²) < 4.78 is 23.2. The number of rotatable bonds is 8. The first-order valence-electron chi connectivity index (χ1n) is 5.89. The van der Waals surface area contributed by atoms with Crippen molar-refractivity contribution >= 4 is 11.6 Å². The SMILES string of the molecule is COCCOCCC(N)Cc1ccc(F)c(Cl)c1. The third kappa shape index (κ3) is 5.78. The van der Waals surface area contributed by atoms with Crippen molar-refractivity contribution in [1.82, 2.24) is 0 Å². The van der Waals surface area contributed by atoms with Gasteiger partial charge in [-0.3, -0.25) is 0 Å². The van der Waals surface area contributed by atoms with Crippen LogP contribution in [0.15, 0.2) is 18.2 Å². The summed E-state index contributed by atoms with van der Waals surface area (Å²) in [7, 11) is 1.63. The number of benzene rings is 1. The second-order valence-electron chi connectivity index (χ2n) is 4.11. The highest BCUT2D eigenvalue weighted by Crippen LogP contribution is 2.17. The van der Waals surface area contributed by atoms with E-state index in [1.807, 2.05) is 0 Å². The molecule has 2 N–H and O–H groups in total. The predicted octanol–water partition coefficient (Wildman–Crippen LogP) is 2.40. The van der Waals surface area contributed by atoms with E-state index >= 15 is 0 Å². The second-order valence-corrected chi connectivity index (χ2v) is 4.51. The molecular weight excluding hydrogens is 257 g/mol. The molecule has 0 radical (unpaired) electrons. The zero-order valence-corrected chi connectivity index (χ0v) is 11.3. The van der Waals surface area contributed by atoms with Crippen molar-refractivity contribution in [2.45, 2.75) is 18.9 Å². The van der Waals surface area contributed by atoms with Crippen molar-refractivity contribution in [3.63, 3.8) is 0 Å². The Hall–Kier alpha value is -0.680. The summed E-state index contributed by atoms with van der Waals surface area (Å²) in [5.74, 6) is -0.406. The summed E-state index contributed by atoms with van der Waals surface area (Å²) >= 11 is 5.70. The quantitative estimate of drug-likeness (QED) is 0.741. The molecular formula is C13H19ClFNO2. The van der Waals surface area contributed by atoms with Gasteiger partial charge in [0, 0.05) is 19.8 Å². The molecule has 0 amide bonds. The molecule has 1 atom stereocenters. The van der Waals surface area contributed by atoms with Gasteiger partial charge in [0.15, 0.2) is 0 Å². The van der Waals surface area contributed by atoms with Crippen LogP contribution >= 0.6 is 11.6 Å². The summed E-state index contributed by atoms with van der Waals surface area (Å²) in [6, 6.07) is 4.66. The van der Waals surface area contributed by atoms with E-state index in [1.165, 1.54) is 6.07 Å². The second kappa shape index (κ2) is 8.43. The van der Waals surface area contributed by atoms with E-state index < -0.39 is 5.82 Å². The molecule has 0 aliphatic heterocycles. The Bertz CT molecular complexity index is 363. The van der Waals surface area contributed by atoms with Gasteiger partial charge in [-0.25, -0.2) is 4.39 Å². The van der Waals surface area contributed by atoms with E-state index in [-0.39, 0.29) is 11.1 Å². The number of halogens is 2. The fourth-order valence-corrected chi connectivity index (χ4v) is 1.75. The van der Waals surface area contributed by atoms with Crippen LogP contribution < -0.4 is 5.73 Å². The van der Waals surface area contributed by atoms with Crippen molar-refractivity contribution in [3.8, 4) is 0 Å². The van der Waals surface area contributed by atoms with Gasteiger partial charge < -0.3 is 15.2 Å². The summed E-state index contributed by atoms with van der Waals surface area (Å²) in [5, 5.41) is 0.135. The molecule has 1 aromatic rings. The lowest BCUT2D eigenvalue weighted by atomic mass is 10.0. The van der Waals surface area contributed by atoms with Gasteiger partial charge in [-0.05, 0) is 30.5 Å². The Balaban J connectivity index is 2.26. The van der Waals surface area contributed by atoms with Gasteiger partial charge in [0.25, 0.3) is 0 Å². The van der Waals surface area contributed by atoms with Crippen molar-refractivity contribution in [1.29, 1.82) is 0 Å².